The summed E-state index contributed by atoms with van der Waals surface area (Å²) in [5, 5.41) is 0. The maximum Gasteiger partial charge on any atom is 0.0667 e. The van der Waals surface area contributed by atoms with Gasteiger partial charge in [-0.2, -0.15) is 0 Å². The summed E-state index contributed by atoms with van der Waals surface area (Å²) in [6.07, 6.45) is 2.10. The summed E-state index contributed by atoms with van der Waals surface area (Å²) in [6.45, 7) is 8.31. The minimum Gasteiger partial charge on any atom is -0.271 e. The van der Waals surface area contributed by atoms with E-state index >= 15 is 0 Å². The van der Waals surface area contributed by atoms with Gasteiger partial charge in [0.15, 0.2) is 0 Å². The first-order valence-electron chi connectivity index (χ1n) is 5.39. The van der Waals surface area contributed by atoms with Crippen LogP contribution in [-0.2, 0) is 0 Å². The van der Waals surface area contributed by atoms with Crippen LogP contribution in [0.1, 0.15) is 36.9 Å². The largest absolute Gasteiger partial charge is 0.271 e. The summed E-state index contributed by atoms with van der Waals surface area (Å²) in [4.78, 5) is 0. The summed E-state index contributed by atoms with van der Waals surface area (Å²) < 4.78 is 0. The third-order valence-electron chi connectivity index (χ3n) is 2.52. The van der Waals surface area contributed by atoms with Crippen molar-refractivity contribution in [1.82, 2.24) is 5.43 Å². The zero-order valence-electron chi connectivity index (χ0n) is 9.59. The monoisotopic (exact) mass is 204 g/mol. The van der Waals surface area contributed by atoms with Crippen molar-refractivity contribution in [3.8, 4) is 0 Å². The van der Waals surface area contributed by atoms with Crippen LogP contribution in [-0.4, -0.2) is 0 Å². The molecule has 1 aromatic carbocycles. The molecule has 0 fully saturated rings. The molecule has 0 amide bonds. The van der Waals surface area contributed by atoms with Gasteiger partial charge in [-0.05, 0) is 18.9 Å². The molecule has 1 atom stereocenters. The summed E-state index contributed by atoms with van der Waals surface area (Å²) in [7, 11) is 0. The molecule has 0 saturated carbocycles. The Balaban J connectivity index is 2.87. The quantitative estimate of drug-likeness (QED) is 0.440. The van der Waals surface area contributed by atoms with Gasteiger partial charge >= 0.3 is 0 Å². The predicted octanol–water partition coefficient (Wildman–Crippen LogP) is 2.86. The lowest BCUT2D eigenvalue weighted by Gasteiger charge is -2.19. The average Bonchev–Trinajstić information content (AvgIpc) is 2.19. The second kappa shape index (κ2) is 5.69. The molecule has 2 heteroatoms. The first-order valence-corrected chi connectivity index (χ1v) is 5.39. The fourth-order valence-electron chi connectivity index (χ4n) is 1.76. The number of aryl methyl sites for hydroxylation is 1. The Morgan fingerprint density at radius 1 is 1.53 bits per heavy atom. The van der Waals surface area contributed by atoms with E-state index in [0.717, 1.165) is 18.4 Å². The first-order chi connectivity index (χ1) is 7.19. The molecule has 0 aliphatic heterocycles. The van der Waals surface area contributed by atoms with Crippen molar-refractivity contribution in [2.75, 3.05) is 0 Å². The molecule has 0 bridgehead atoms. The highest BCUT2D eigenvalue weighted by Gasteiger charge is 2.12. The lowest BCUT2D eigenvalue weighted by molar-refractivity contribution is 0.601. The third kappa shape index (κ3) is 3.18. The van der Waals surface area contributed by atoms with Gasteiger partial charge in [0, 0.05) is 0 Å². The Morgan fingerprint density at radius 3 is 2.80 bits per heavy atom. The van der Waals surface area contributed by atoms with Gasteiger partial charge in [0.25, 0.3) is 0 Å². The number of hydrogen-bond acceptors (Lipinski definition) is 2. The number of nitrogens with one attached hydrogen (secondary N) is 1. The summed E-state index contributed by atoms with van der Waals surface area (Å²) in [5.41, 5.74) is 6.41. The molecule has 2 nitrogen and oxygen atoms in total. The van der Waals surface area contributed by atoms with Crippen LogP contribution in [0.15, 0.2) is 36.4 Å². The van der Waals surface area contributed by atoms with Crippen LogP contribution in [0.3, 0.4) is 0 Å². The average molecular weight is 204 g/mol. The van der Waals surface area contributed by atoms with Crippen molar-refractivity contribution in [2.24, 2.45) is 5.84 Å². The molecule has 82 valence electrons. The summed E-state index contributed by atoms with van der Waals surface area (Å²) in [6, 6.07) is 8.43. The first kappa shape index (κ1) is 12.0. The topological polar surface area (TPSA) is 38.0 Å². The van der Waals surface area contributed by atoms with E-state index in [1.54, 1.807) is 0 Å². The lowest BCUT2D eigenvalue weighted by Crippen LogP contribution is -2.29. The maximum atomic E-state index is 5.58. The molecule has 0 aliphatic carbocycles. The fourth-order valence-corrected chi connectivity index (χ4v) is 1.76. The maximum absolute atomic E-state index is 5.58. The van der Waals surface area contributed by atoms with Gasteiger partial charge in [0.2, 0.25) is 0 Å². The van der Waals surface area contributed by atoms with E-state index in [9.17, 15) is 0 Å². The molecule has 1 aromatic rings. The van der Waals surface area contributed by atoms with Crippen LogP contribution in [0, 0.1) is 6.92 Å². The Morgan fingerprint density at radius 2 is 2.27 bits per heavy atom. The van der Waals surface area contributed by atoms with Crippen LogP contribution in [0.5, 0.6) is 0 Å². The fraction of sp³-hybridized carbons (Fsp3) is 0.385. The highest BCUT2D eigenvalue weighted by Crippen LogP contribution is 2.23. The molecule has 0 aliphatic rings. The number of benzene rings is 1. The van der Waals surface area contributed by atoms with E-state index < -0.39 is 0 Å². The molecule has 15 heavy (non-hydrogen) atoms. The molecule has 1 rings (SSSR count). The van der Waals surface area contributed by atoms with Crippen LogP contribution < -0.4 is 11.3 Å². The van der Waals surface area contributed by atoms with E-state index in [1.165, 1.54) is 11.1 Å². The molecule has 0 spiro atoms. The predicted molar refractivity (Wildman–Crippen MR) is 65.3 cm³/mol. The van der Waals surface area contributed by atoms with Crippen molar-refractivity contribution in [3.63, 3.8) is 0 Å². The van der Waals surface area contributed by atoms with Gasteiger partial charge in [-0.3, -0.25) is 5.84 Å². The van der Waals surface area contributed by atoms with Crippen molar-refractivity contribution in [2.45, 2.75) is 32.7 Å². The van der Waals surface area contributed by atoms with E-state index in [4.69, 9.17) is 5.84 Å². The van der Waals surface area contributed by atoms with Crippen molar-refractivity contribution >= 4 is 0 Å². The SMILES string of the molecule is C=C(CCC)C(NN)c1cccc(C)c1. The van der Waals surface area contributed by atoms with Crippen LogP contribution in [0.2, 0.25) is 0 Å². The molecular formula is C13H20N2. The highest BCUT2D eigenvalue weighted by molar-refractivity contribution is 5.30. The smallest absolute Gasteiger partial charge is 0.0667 e. The number of nitrogens with two attached hydrogens (primary N) is 1. The second-order valence-electron chi connectivity index (χ2n) is 3.92. The van der Waals surface area contributed by atoms with Crippen LogP contribution in [0.25, 0.3) is 0 Å². The number of hydrazine groups is 1. The normalized spacial score (nSPS) is 12.5. The molecule has 0 aromatic heterocycles. The minimum absolute atomic E-state index is 0.0739. The third-order valence-corrected chi connectivity index (χ3v) is 2.52. The van der Waals surface area contributed by atoms with Gasteiger partial charge in [0.05, 0.1) is 6.04 Å². The summed E-state index contributed by atoms with van der Waals surface area (Å²) >= 11 is 0. The molecular weight excluding hydrogens is 184 g/mol. The summed E-state index contributed by atoms with van der Waals surface area (Å²) in [5.74, 6) is 5.58. The molecule has 0 radical (unpaired) electrons. The molecule has 0 heterocycles. The molecule has 1 unspecified atom stereocenters. The Hall–Kier alpha value is -1.12. The second-order valence-corrected chi connectivity index (χ2v) is 3.92. The van der Waals surface area contributed by atoms with E-state index in [1.807, 2.05) is 6.07 Å². The van der Waals surface area contributed by atoms with Gasteiger partial charge in [-0.15, -0.1) is 0 Å². The molecule has 0 saturated heterocycles. The van der Waals surface area contributed by atoms with Gasteiger partial charge < -0.3 is 0 Å². The minimum atomic E-state index is 0.0739. The van der Waals surface area contributed by atoms with E-state index in [0.29, 0.717) is 0 Å². The number of hydrogen-bond donors (Lipinski definition) is 2. The van der Waals surface area contributed by atoms with Gasteiger partial charge in [-0.1, -0.05) is 55.3 Å². The van der Waals surface area contributed by atoms with Crippen molar-refractivity contribution < 1.29 is 0 Å². The van der Waals surface area contributed by atoms with Gasteiger partial charge in [-0.25, -0.2) is 5.43 Å². The Bertz CT molecular complexity index is 331. The zero-order chi connectivity index (χ0) is 11.3. The van der Waals surface area contributed by atoms with Gasteiger partial charge in [0.1, 0.15) is 0 Å². The molecule has 3 N–H and O–H groups in total. The van der Waals surface area contributed by atoms with E-state index in [2.05, 4.69) is 44.1 Å². The number of rotatable bonds is 5. The Labute approximate surface area is 92.2 Å². The highest BCUT2D eigenvalue weighted by atomic mass is 15.2. The van der Waals surface area contributed by atoms with Crippen LogP contribution in [0.4, 0.5) is 0 Å². The van der Waals surface area contributed by atoms with Crippen molar-refractivity contribution in [1.29, 1.82) is 0 Å². The standard InChI is InChI=1S/C13H20N2/c1-4-6-11(3)13(15-14)12-8-5-7-10(2)9-12/h5,7-9,13,15H,3-4,6,14H2,1-2H3. The zero-order valence-corrected chi connectivity index (χ0v) is 9.59. The van der Waals surface area contributed by atoms with Crippen LogP contribution >= 0.6 is 0 Å². The Kier molecular flexibility index (Phi) is 4.53. The van der Waals surface area contributed by atoms with E-state index in [-0.39, 0.29) is 6.04 Å². The van der Waals surface area contributed by atoms with Crippen molar-refractivity contribution in [3.05, 3.63) is 47.5 Å². The lowest BCUT2D eigenvalue weighted by atomic mass is 9.96.